The third-order valence-corrected chi connectivity index (χ3v) is 3.76. The van der Waals surface area contributed by atoms with Crippen LogP contribution in [0.4, 0.5) is 5.13 Å². The molecular weight excluding hydrogens is 314 g/mol. The van der Waals surface area contributed by atoms with E-state index < -0.39 is 5.95 Å². The number of benzene rings is 1. The highest BCUT2D eigenvalue weighted by Crippen LogP contribution is 2.28. The molecule has 1 N–H and O–H groups in total. The summed E-state index contributed by atoms with van der Waals surface area (Å²) in [6, 6.07) is 7.63. The van der Waals surface area contributed by atoms with Crippen molar-refractivity contribution in [3.05, 3.63) is 35.2 Å². The van der Waals surface area contributed by atoms with E-state index in [0.29, 0.717) is 10.8 Å². The fourth-order valence-corrected chi connectivity index (χ4v) is 2.55. The Bertz CT molecular complexity index is 847. The Morgan fingerprint density at radius 3 is 2.74 bits per heavy atom. The first-order valence-electron chi connectivity index (χ1n) is 6.93. The van der Waals surface area contributed by atoms with Gasteiger partial charge in [-0.15, -0.1) is 11.3 Å². The van der Waals surface area contributed by atoms with Crippen LogP contribution in [-0.2, 0) is 0 Å². The molecule has 0 spiro atoms. The number of aryl methyl sites for hydroxylation is 1. The normalized spacial score (nSPS) is 10.6. The number of nitrogens with zero attached hydrogens (tertiary/aromatic N) is 4. The molecule has 0 unspecified atom stereocenters. The maximum Gasteiger partial charge on any atom is 0.289 e. The van der Waals surface area contributed by atoms with Crippen molar-refractivity contribution in [1.82, 2.24) is 10.3 Å². The molecular formula is C15H15N5O2S. The average molecular weight is 329 g/mol. The van der Waals surface area contributed by atoms with Crippen LogP contribution < -0.4 is 15.2 Å². The minimum Gasteiger partial charge on any atom is -0.539 e. The molecule has 0 saturated heterocycles. The lowest BCUT2D eigenvalue weighted by molar-refractivity contribution is -0.660. The zero-order valence-corrected chi connectivity index (χ0v) is 13.7. The molecule has 0 amide bonds. The molecule has 0 aliphatic rings. The molecule has 0 aliphatic carbocycles. The first kappa shape index (κ1) is 15.2. The van der Waals surface area contributed by atoms with Gasteiger partial charge < -0.3 is 9.63 Å². The largest absolute Gasteiger partial charge is 0.539 e. The van der Waals surface area contributed by atoms with Crippen LogP contribution in [0.5, 0.6) is 5.95 Å². The number of rotatable bonds is 4. The summed E-state index contributed by atoms with van der Waals surface area (Å²) >= 11 is 1.35. The van der Waals surface area contributed by atoms with Gasteiger partial charge in [-0.1, -0.05) is 17.7 Å². The Morgan fingerprint density at radius 2 is 2.04 bits per heavy atom. The molecule has 0 radical (unpaired) electrons. The molecule has 2 heterocycles. The van der Waals surface area contributed by atoms with Crippen molar-refractivity contribution >= 4 is 22.2 Å². The van der Waals surface area contributed by atoms with Crippen LogP contribution in [0.15, 0.2) is 39.3 Å². The van der Waals surface area contributed by atoms with E-state index in [0.717, 1.165) is 17.0 Å². The highest BCUT2D eigenvalue weighted by molar-refractivity contribution is 7.14. The summed E-state index contributed by atoms with van der Waals surface area (Å²) in [5.74, 6) is -0.530. The predicted molar refractivity (Wildman–Crippen MR) is 85.7 cm³/mol. The van der Waals surface area contributed by atoms with Crippen molar-refractivity contribution in [3.63, 3.8) is 0 Å². The first-order chi connectivity index (χ1) is 11.0. The number of nitrogens with one attached hydrogen (secondary N) is 1. The van der Waals surface area contributed by atoms with Crippen LogP contribution in [0.3, 0.4) is 0 Å². The van der Waals surface area contributed by atoms with Crippen LogP contribution in [0.2, 0.25) is 0 Å². The van der Waals surface area contributed by atoms with E-state index in [2.05, 4.69) is 20.8 Å². The van der Waals surface area contributed by atoms with Gasteiger partial charge >= 0.3 is 0 Å². The summed E-state index contributed by atoms with van der Waals surface area (Å²) in [5.41, 5.74) is 6.36. The van der Waals surface area contributed by atoms with Gasteiger partial charge in [-0.2, -0.15) is 5.10 Å². The van der Waals surface area contributed by atoms with Crippen LogP contribution in [0.25, 0.3) is 17.1 Å². The second kappa shape index (κ2) is 6.17. The lowest BCUT2D eigenvalue weighted by atomic mass is 10.2. The summed E-state index contributed by atoms with van der Waals surface area (Å²) in [6.07, 6.45) is 0. The number of hydrogen-bond donors (Lipinski definition) is 1. The van der Waals surface area contributed by atoms with E-state index in [9.17, 15) is 5.11 Å². The van der Waals surface area contributed by atoms with Crippen LogP contribution in [-0.4, -0.2) is 16.0 Å². The highest BCUT2D eigenvalue weighted by atomic mass is 32.1. The second-order valence-electron chi connectivity index (χ2n) is 5.17. The number of hydrazone groups is 1. The van der Waals surface area contributed by atoms with Crippen molar-refractivity contribution in [1.29, 1.82) is 0 Å². The standard InChI is InChI=1S/C15H15N5O2S/c1-9(2)17-18-15-16-12(8-23-15)13-14(21)22-19-20(13)11-6-4-10(3)5-7-11/h4-8H,1-3H3,(H-,16,18,19,21). The molecule has 0 saturated carbocycles. The quantitative estimate of drug-likeness (QED) is 0.450. The van der Waals surface area contributed by atoms with Gasteiger partial charge in [0.2, 0.25) is 10.8 Å². The Hall–Kier alpha value is -2.74. The van der Waals surface area contributed by atoms with Gasteiger partial charge in [0.25, 0.3) is 5.69 Å². The molecule has 2 aromatic heterocycles. The molecule has 0 aliphatic heterocycles. The molecule has 118 valence electrons. The fourth-order valence-electron chi connectivity index (χ4n) is 1.92. The second-order valence-corrected chi connectivity index (χ2v) is 6.02. The van der Waals surface area contributed by atoms with Crippen molar-refractivity contribution < 1.29 is 14.3 Å². The maximum atomic E-state index is 12.0. The Labute approximate surface area is 136 Å². The van der Waals surface area contributed by atoms with Gasteiger partial charge in [0.1, 0.15) is 0 Å². The summed E-state index contributed by atoms with van der Waals surface area (Å²) in [7, 11) is 0. The van der Waals surface area contributed by atoms with Gasteiger partial charge in [-0.05, 0) is 25.5 Å². The molecule has 8 heteroatoms. The number of aromatic nitrogens is 3. The molecule has 0 atom stereocenters. The summed E-state index contributed by atoms with van der Waals surface area (Å²) in [5, 5.41) is 22.3. The highest BCUT2D eigenvalue weighted by Gasteiger charge is 2.24. The molecule has 23 heavy (non-hydrogen) atoms. The van der Waals surface area contributed by atoms with E-state index in [-0.39, 0.29) is 5.69 Å². The molecule has 7 nitrogen and oxygen atoms in total. The van der Waals surface area contributed by atoms with Crippen molar-refractivity contribution in [2.45, 2.75) is 20.8 Å². The van der Waals surface area contributed by atoms with Crippen LogP contribution >= 0.6 is 11.3 Å². The average Bonchev–Trinajstić information content (AvgIpc) is 3.12. The third kappa shape index (κ3) is 3.21. The smallest absolute Gasteiger partial charge is 0.289 e. The van der Waals surface area contributed by atoms with E-state index in [4.69, 9.17) is 4.52 Å². The lowest BCUT2D eigenvalue weighted by Crippen LogP contribution is -2.34. The molecule has 0 fully saturated rings. The minimum absolute atomic E-state index is 0.287. The zero-order chi connectivity index (χ0) is 16.4. The Morgan fingerprint density at radius 1 is 1.30 bits per heavy atom. The number of thiazole rings is 1. The van der Waals surface area contributed by atoms with Crippen LogP contribution in [0.1, 0.15) is 19.4 Å². The topological polar surface area (TPSA) is 90.2 Å². The van der Waals surface area contributed by atoms with E-state index >= 15 is 0 Å². The monoisotopic (exact) mass is 329 g/mol. The summed E-state index contributed by atoms with van der Waals surface area (Å²) in [4.78, 5) is 4.37. The van der Waals surface area contributed by atoms with E-state index in [1.54, 1.807) is 5.38 Å². The predicted octanol–water partition coefficient (Wildman–Crippen LogP) is 2.26. The SMILES string of the molecule is CC(C)=NNc1nc(-c2c([O-])on[n+]2-c2ccc(C)cc2)cs1. The van der Waals surface area contributed by atoms with Crippen molar-refractivity contribution in [3.8, 4) is 23.0 Å². The van der Waals surface area contributed by atoms with Gasteiger partial charge in [0.05, 0.1) is 5.27 Å². The van der Waals surface area contributed by atoms with Gasteiger partial charge in [0.15, 0.2) is 11.6 Å². The Kier molecular flexibility index (Phi) is 4.07. The Balaban J connectivity index is 1.99. The number of anilines is 1. The van der Waals surface area contributed by atoms with Gasteiger partial charge in [0, 0.05) is 23.2 Å². The molecule has 1 aromatic carbocycles. The molecule has 0 bridgehead atoms. The fraction of sp³-hybridized carbons (Fsp3) is 0.200. The zero-order valence-electron chi connectivity index (χ0n) is 12.9. The maximum absolute atomic E-state index is 12.0. The first-order valence-corrected chi connectivity index (χ1v) is 7.81. The van der Waals surface area contributed by atoms with Crippen molar-refractivity contribution in [2.75, 3.05) is 5.43 Å². The number of hydrogen-bond acceptors (Lipinski definition) is 7. The lowest BCUT2D eigenvalue weighted by Gasteiger charge is -1.96. The minimum atomic E-state index is -0.530. The van der Waals surface area contributed by atoms with Crippen LogP contribution in [0, 0.1) is 6.92 Å². The van der Waals surface area contributed by atoms with E-state index in [1.165, 1.54) is 16.0 Å². The third-order valence-electron chi connectivity index (χ3n) is 3.01. The van der Waals surface area contributed by atoms with E-state index in [1.807, 2.05) is 45.0 Å². The van der Waals surface area contributed by atoms with Gasteiger partial charge in [-0.3, -0.25) is 5.43 Å². The summed E-state index contributed by atoms with van der Waals surface area (Å²) in [6.45, 7) is 5.75. The summed E-state index contributed by atoms with van der Waals surface area (Å²) < 4.78 is 6.27. The molecule has 3 aromatic rings. The molecule has 3 rings (SSSR count). The van der Waals surface area contributed by atoms with Gasteiger partial charge in [-0.25, -0.2) is 4.98 Å². The van der Waals surface area contributed by atoms with Crippen molar-refractivity contribution in [2.24, 2.45) is 5.10 Å².